The standard InChI is InChI=1S/C9H11F3N2O2S/c1-5(7(15)16)14(2)3-6-4-17-8(13-6)9(10,11)12/h4-5H,3H2,1-2H3,(H,15,16)/t5-/m1/s1. The number of hydrogen-bond donors (Lipinski definition) is 1. The molecule has 0 aliphatic carbocycles. The van der Waals surface area contributed by atoms with Crippen molar-refractivity contribution in [2.24, 2.45) is 0 Å². The normalized spacial score (nSPS) is 14.0. The maximum atomic E-state index is 12.3. The summed E-state index contributed by atoms with van der Waals surface area (Å²) < 4.78 is 36.8. The van der Waals surface area contributed by atoms with Gasteiger partial charge in [0.25, 0.3) is 0 Å². The highest BCUT2D eigenvalue weighted by atomic mass is 32.1. The van der Waals surface area contributed by atoms with Crippen LogP contribution in [0.4, 0.5) is 13.2 Å². The van der Waals surface area contributed by atoms with Gasteiger partial charge in [0.05, 0.1) is 5.69 Å². The van der Waals surface area contributed by atoms with Crippen molar-refractivity contribution in [3.63, 3.8) is 0 Å². The predicted molar refractivity (Wildman–Crippen MR) is 55.7 cm³/mol. The fourth-order valence-electron chi connectivity index (χ4n) is 1.09. The van der Waals surface area contributed by atoms with Crippen molar-refractivity contribution in [2.75, 3.05) is 7.05 Å². The van der Waals surface area contributed by atoms with E-state index in [2.05, 4.69) is 4.98 Å². The number of halogens is 3. The molecule has 4 nitrogen and oxygen atoms in total. The van der Waals surface area contributed by atoms with Gasteiger partial charge in [-0.15, -0.1) is 11.3 Å². The largest absolute Gasteiger partial charge is 0.480 e. The molecule has 1 atom stereocenters. The highest BCUT2D eigenvalue weighted by molar-refractivity contribution is 7.09. The zero-order chi connectivity index (χ0) is 13.2. The Morgan fingerprint density at radius 1 is 1.65 bits per heavy atom. The van der Waals surface area contributed by atoms with Gasteiger partial charge in [-0.05, 0) is 14.0 Å². The van der Waals surface area contributed by atoms with E-state index in [4.69, 9.17) is 5.11 Å². The Morgan fingerprint density at radius 2 is 2.24 bits per heavy atom. The van der Waals surface area contributed by atoms with Crippen LogP contribution in [0.15, 0.2) is 5.38 Å². The van der Waals surface area contributed by atoms with E-state index in [9.17, 15) is 18.0 Å². The first-order valence-corrected chi connectivity index (χ1v) is 5.54. The highest BCUT2D eigenvalue weighted by Crippen LogP contribution is 2.31. The maximum Gasteiger partial charge on any atom is 0.443 e. The van der Waals surface area contributed by atoms with Crippen LogP contribution < -0.4 is 0 Å². The molecule has 0 saturated carbocycles. The van der Waals surface area contributed by atoms with Gasteiger partial charge >= 0.3 is 12.1 Å². The lowest BCUT2D eigenvalue weighted by Crippen LogP contribution is -2.35. The lowest BCUT2D eigenvalue weighted by atomic mass is 10.3. The number of rotatable bonds is 4. The predicted octanol–water partition coefficient (Wildman–Crippen LogP) is 2.07. The van der Waals surface area contributed by atoms with Gasteiger partial charge in [-0.3, -0.25) is 9.69 Å². The van der Waals surface area contributed by atoms with Crippen LogP contribution in [0.1, 0.15) is 17.6 Å². The van der Waals surface area contributed by atoms with Gasteiger partial charge in [0.1, 0.15) is 6.04 Å². The number of hydrogen-bond acceptors (Lipinski definition) is 4. The molecular formula is C9H11F3N2O2S. The maximum absolute atomic E-state index is 12.3. The Kier molecular flexibility index (Phi) is 4.10. The van der Waals surface area contributed by atoms with Gasteiger partial charge in [-0.25, -0.2) is 4.98 Å². The Morgan fingerprint density at radius 3 is 2.65 bits per heavy atom. The van der Waals surface area contributed by atoms with Crippen LogP contribution in [0.25, 0.3) is 0 Å². The van der Waals surface area contributed by atoms with Gasteiger partial charge in [-0.1, -0.05) is 0 Å². The second-order valence-electron chi connectivity index (χ2n) is 3.57. The van der Waals surface area contributed by atoms with E-state index in [1.807, 2.05) is 0 Å². The van der Waals surface area contributed by atoms with E-state index < -0.39 is 23.2 Å². The molecule has 0 radical (unpaired) electrons. The van der Waals surface area contributed by atoms with Gasteiger partial charge in [0.15, 0.2) is 5.01 Å². The summed E-state index contributed by atoms with van der Waals surface area (Å²) in [6.07, 6.45) is -4.44. The number of carbonyl (C=O) groups is 1. The van der Waals surface area contributed by atoms with Crippen molar-refractivity contribution >= 4 is 17.3 Å². The minimum Gasteiger partial charge on any atom is -0.480 e. The summed E-state index contributed by atoms with van der Waals surface area (Å²) in [5.41, 5.74) is 0.220. The number of nitrogens with zero attached hydrogens (tertiary/aromatic N) is 2. The zero-order valence-corrected chi connectivity index (χ0v) is 9.97. The Hall–Kier alpha value is -1.15. The second kappa shape index (κ2) is 5.01. The first kappa shape index (κ1) is 13.9. The molecule has 1 rings (SSSR count). The molecule has 1 heterocycles. The lowest BCUT2D eigenvalue weighted by Gasteiger charge is -2.19. The van der Waals surface area contributed by atoms with Gasteiger partial charge in [0.2, 0.25) is 0 Å². The molecule has 0 unspecified atom stereocenters. The number of carboxylic acid groups (broad SMARTS) is 1. The topological polar surface area (TPSA) is 53.4 Å². The average molecular weight is 268 g/mol. The Balaban J connectivity index is 2.70. The van der Waals surface area contributed by atoms with Crippen LogP contribution in [0.2, 0.25) is 0 Å². The van der Waals surface area contributed by atoms with Crippen molar-refractivity contribution in [3.05, 3.63) is 16.1 Å². The lowest BCUT2D eigenvalue weighted by molar-refractivity contribution is -0.142. The molecule has 0 aliphatic heterocycles. The zero-order valence-electron chi connectivity index (χ0n) is 9.15. The molecule has 0 spiro atoms. The first-order valence-electron chi connectivity index (χ1n) is 4.66. The number of thiazole rings is 1. The fraction of sp³-hybridized carbons (Fsp3) is 0.556. The van der Waals surface area contributed by atoms with E-state index in [1.54, 1.807) is 0 Å². The van der Waals surface area contributed by atoms with E-state index in [1.165, 1.54) is 24.3 Å². The molecule has 0 fully saturated rings. The quantitative estimate of drug-likeness (QED) is 0.908. The summed E-state index contributed by atoms with van der Waals surface area (Å²) in [5.74, 6) is -1.03. The number of likely N-dealkylation sites (N-methyl/N-ethyl adjacent to an activating group) is 1. The van der Waals surface area contributed by atoms with Crippen LogP contribution >= 0.6 is 11.3 Å². The summed E-state index contributed by atoms with van der Waals surface area (Å²) >= 11 is 0.508. The molecule has 8 heteroatoms. The van der Waals surface area contributed by atoms with E-state index in [0.717, 1.165) is 0 Å². The Bertz CT molecular complexity index is 405. The minimum atomic E-state index is -4.44. The smallest absolute Gasteiger partial charge is 0.443 e. The number of aliphatic carboxylic acids is 1. The van der Waals surface area contributed by atoms with Crippen LogP contribution in [-0.2, 0) is 17.5 Å². The fourth-order valence-corrected chi connectivity index (χ4v) is 1.77. The van der Waals surface area contributed by atoms with E-state index in [-0.39, 0.29) is 12.2 Å². The van der Waals surface area contributed by atoms with Crippen LogP contribution in [0.5, 0.6) is 0 Å². The molecule has 0 amide bonds. The monoisotopic (exact) mass is 268 g/mol. The first-order chi connectivity index (χ1) is 7.71. The van der Waals surface area contributed by atoms with Crippen LogP contribution in [-0.4, -0.2) is 34.0 Å². The molecule has 96 valence electrons. The summed E-state index contributed by atoms with van der Waals surface area (Å²) in [6.45, 7) is 1.53. The van der Waals surface area contributed by atoms with Crippen molar-refractivity contribution in [3.8, 4) is 0 Å². The van der Waals surface area contributed by atoms with Gasteiger partial charge in [0, 0.05) is 11.9 Å². The van der Waals surface area contributed by atoms with Gasteiger partial charge < -0.3 is 5.11 Å². The molecule has 0 bridgehead atoms. The van der Waals surface area contributed by atoms with Crippen LogP contribution in [0, 0.1) is 0 Å². The molecule has 1 aromatic heterocycles. The van der Waals surface area contributed by atoms with Crippen molar-refractivity contribution in [2.45, 2.75) is 25.7 Å². The average Bonchev–Trinajstić information content (AvgIpc) is 2.64. The molecular weight excluding hydrogens is 257 g/mol. The molecule has 1 N–H and O–H groups in total. The molecule has 0 aromatic carbocycles. The summed E-state index contributed by atoms with van der Waals surface area (Å²) in [5, 5.41) is 9.10. The number of alkyl halides is 3. The molecule has 1 aromatic rings. The third-order valence-corrected chi connectivity index (χ3v) is 3.16. The van der Waals surface area contributed by atoms with E-state index >= 15 is 0 Å². The number of carboxylic acids is 1. The van der Waals surface area contributed by atoms with Gasteiger partial charge in [-0.2, -0.15) is 13.2 Å². The third kappa shape index (κ3) is 3.67. The minimum absolute atomic E-state index is 0.0695. The highest BCUT2D eigenvalue weighted by Gasteiger charge is 2.34. The molecule has 0 aliphatic rings. The van der Waals surface area contributed by atoms with Crippen molar-refractivity contribution in [1.82, 2.24) is 9.88 Å². The third-order valence-electron chi connectivity index (χ3n) is 2.22. The SMILES string of the molecule is C[C@H](C(=O)O)N(C)Cc1csc(C(F)(F)F)n1. The number of aromatic nitrogens is 1. The van der Waals surface area contributed by atoms with E-state index in [0.29, 0.717) is 11.3 Å². The van der Waals surface area contributed by atoms with Crippen LogP contribution in [0.3, 0.4) is 0 Å². The molecule has 0 saturated heterocycles. The summed E-state index contributed by atoms with van der Waals surface area (Å²) in [4.78, 5) is 15.5. The van der Waals surface area contributed by atoms with Crippen molar-refractivity contribution < 1.29 is 23.1 Å². The second-order valence-corrected chi connectivity index (χ2v) is 4.43. The summed E-state index contributed by atoms with van der Waals surface area (Å²) in [7, 11) is 1.52. The van der Waals surface area contributed by atoms with Crippen molar-refractivity contribution in [1.29, 1.82) is 0 Å². The molecule has 17 heavy (non-hydrogen) atoms. The summed E-state index contributed by atoms with van der Waals surface area (Å²) in [6, 6.07) is -0.772. The Labute approximate surface area is 99.7 Å².